The van der Waals surface area contributed by atoms with Crippen LogP contribution in [-0.2, 0) is 24.1 Å². The number of fused-ring (bicyclic) bond motifs is 1. The van der Waals surface area contributed by atoms with Gasteiger partial charge in [-0.1, -0.05) is 42.5 Å². The molecule has 1 saturated heterocycles. The predicted octanol–water partition coefficient (Wildman–Crippen LogP) is 3.43. The molecule has 154 valence electrons. The lowest BCUT2D eigenvalue weighted by atomic mass is 9.86. The zero-order chi connectivity index (χ0) is 20.1. The van der Waals surface area contributed by atoms with E-state index in [4.69, 9.17) is 0 Å². The number of nitrogens with zero attached hydrogens (tertiary/aromatic N) is 2. The second-order valence-corrected chi connectivity index (χ2v) is 8.55. The number of anilines is 1. The molecule has 0 aromatic heterocycles. The first-order valence-electron chi connectivity index (χ1n) is 11.1. The van der Waals surface area contributed by atoms with Gasteiger partial charge in [-0.05, 0) is 61.9 Å². The van der Waals surface area contributed by atoms with Crippen LogP contribution >= 0.6 is 0 Å². The Kier molecular flexibility index (Phi) is 6.50. The van der Waals surface area contributed by atoms with Crippen molar-refractivity contribution in [2.24, 2.45) is 0 Å². The third-order valence-corrected chi connectivity index (χ3v) is 6.38. The third kappa shape index (κ3) is 5.18. The number of piperazine rings is 1. The summed E-state index contributed by atoms with van der Waals surface area (Å²) in [6, 6.07) is 17.4. The Bertz CT molecular complexity index is 812. The molecule has 1 N–H and O–H groups in total. The summed E-state index contributed by atoms with van der Waals surface area (Å²) >= 11 is 0. The van der Waals surface area contributed by atoms with Crippen molar-refractivity contribution < 1.29 is 4.79 Å². The molecule has 0 saturated carbocycles. The molecule has 4 nitrogen and oxygen atoms in total. The fourth-order valence-corrected chi connectivity index (χ4v) is 4.63. The van der Waals surface area contributed by atoms with E-state index in [2.05, 4.69) is 64.6 Å². The van der Waals surface area contributed by atoms with Gasteiger partial charge in [-0.2, -0.15) is 0 Å². The van der Waals surface area contributed by atoms with Gasteiger partial charge in [-0.3, -0.25) is 4.79 Å². The Labute approximate surface area is 174 Å². The van der Waals surface area contributed by atoms with Gasteiger partial charge in [-0.25, -0.2) is 0 Å². The number of rotatable bonds is 6. The quantitative estimate of drug-likeness (QED) is 0.819. The van der Waals surface area contributed by atoms with Crippen molar-refractivity contribution in [1.82, 2.24) is 10.2 Å². The fourth-order valence-electron chi connectivity index (χ4n) is 4.63. The maximum Gasteiger partial charge on any atom is 0.220 e. The van der Waals surface area contributed by atoms with Crippen molar-refractivity contribution in [1.29, 1.82) is 0 Å². The van der Waals surface area contributed by atoms with Crippen molar-refractivity contribution in [3.05, 3.63) is 65.2 Å². The van der Waals surface area contributed by atoms with Crippen molar-refractivity contribution in [2.45, 2.75) is 44.6 Å². The zero-order valence-electron chi connectivity index (χ0n) is 17.6. The normalized spacial score (nSPS) is 19.6. The number of benzene rings is 2. The SMILES string of the molecule is CN1CCN(c2cccc3c2C[C@H](NC(=O)CCCc2ccccc2)CC3)CC1. The van der Waals surface area contributed by atoms with E-state index in [1.807, 2.05) is 6.07 Å². The lowest BCUT2D eigenvalue weighted by Crippen LogP contribution is -2.45. The molecule has 1 atom stereocenters. The molecular weight excluding hydrogens is 358 g/mol. The van der Waals surface area contributed by atoms with Crippen LogP contribution in [0.1, 0.15) is 36.0 Å². The molecule has 0 radical (unpaired) electrons. The van der Waals surface area contributed by atoms with Crippen molar-refractivity contribution in [2.75, 3.05) is 38.1 Å². The van der Waals surface area contributed by atoms with E-state index in [-0.39, 0.29) is 11.9 Å². The van der Waals surface area contributed by atoms with Crippen molar-refractivity contribution >= 4 is 11.6 Å². The number of carbonyl (C=O) groups excluding carboxylic acids is 1. The van der Waals surface area contributed by atoms with Crippen molar-refractivity contribution in [3.63, 3.8) is 0 Å². The van der Waals surface area contributed by atoms with Crippen LogP contribution in [0.3, 0.4) is 0 Å². The van der Waals surface area contributed by atoms with Gasteiger partial charge >= 0.3 is 0 Å². The number of aryl methyl sites for hydroxylation is 2. The Morgan fingerprint density at radius 3 is 2.62 bits per heavy atom. The number of nitrogens with one attached hydrogen (secondary N) is 1. The predicted molar refractivity (Wildman–Crippen MR) is 119 cm³/mol. The number of hydrogen-bond donors (Lipinski definition) is 1. The van der Waals surface area contributed by atoms with Crippen LogP contribution in [0.25, 0.3) is 0 Å². The molecule has 1 aliphatic heterocycles. The van der Waals surface area contributed by atoms with Crippen LogP contribution in [0, 0.1) is 0 Å². The summed E-state index contributed by atoms with van der Waals surface area (Å²) in [6.45, 7) is 4.41. The fraction of sp³-hybridized carbons (Fsp3) is 0.480. The van der Waals surface area contributed by atoms with Gasteiger partial charge in [0.15, 0.2) is 0 Å². The van der Waals surface area contributed by atoms with E-state index in [1.54, 1.807) is 0 Å². The average Bonchev–Trinajstić information content (AvgIpc) is 2.75. The highest BCUT2D eigenvalue weighted by Crippen LogP contribution is 2.31. The minimum atomic E-state index is 0.200. The van der Waals surface area contributed by atoms with E-state index in [1.165, 1.54) is 22.4 Å². The van der Waals surface area contributed by atoms with E-state index in [0.29, 0.717) is 6.42 Å². The van der Waals surface area contributed by atoms with Gasteiger partial charge < -0.3 is 15.1 Å². The molecule has 1 aliphatic carbocycles. The molecule has 2 aliphatic rings. The molecule has 2 aromatic carbocycles. The minimum absolute atomic E-state index is 0.200. The van der Waals surface area contributed by atoms with Crippen LogP contribution in [0.5, 0.6) is 0 Å². The minimum Gasteiger partial charge on any atom is -0.369 e. The van der Waals surface area contributed by atoms with E-state index >= 15 is 0 Å². The van der Waals surface area contributed by atoms with Gasteiger partial charge in [0.1, 0.15) is 0 Å². The smallest absolute Gasteiger partial charge is 0.220 e. The first kappa shape index (κ1) is 20.0. The molecule has 1 fully saturated rings. The Morgan fingerprint density at radius 2 is 1.83 bits per heavy atom. The van der Waals surface area contributed by atoms with Crippen LogP contribution < -0.4 is 10.2 Å². The standard InChI is InChI=1S/C25H33N3O/c1-27-15-17-28(18-16-27)24-11-6-10-21-13-14-22(19-23(21)24)26-25(29)12-5-9-20-7-3-2-4-8-20/h2-4,6-8,10-11,22H,5,9,12-19H2,1H3,(H,26,29)/t22-/m1/s1. The lowest BCUT2D eigenvalue weighted by molar-refractivity contribution is -0.121. The topological polar surface area (TPSA) is 35.6 Å². The second-order valence-electron chi connectivity index (χ2n) is 8.55. The Balaban J connectivity index is 1.32. The summed E-state index contributed by atoms with van der Waals surface area (Å²) in [7, 11) is 2.20. The monoisotopic (exact) mass is 391 g/mol. The average molecular weight is 392 g/mol. The van der Waals surface area contributed by atoms with Gasteiger partial charge in [0.2, 0.25) is 5.91 Å². The summed E-state index contributed by atoms with van der Waals surface area (Å²) < 4.78 is 0. The maximum absolute atomic E-state index is 12.5. The molecule has 1 amide bonds. The third-order valence-electron chi connectivity index (χ3n) is 6.38. The largest absolute Gasteiger partial charge is 0.369 e. The van der Waals surface area contributed by atoms with Gasteiger partial charge in [0, 0.05) is 44.3 Å². The maximum atomic E-state index is 12.5. The summed E-state index contributed by atoms with van der Waals surface area (Å²) in [5, 5.41) is 3.32. The molecule has 0 unspecified atom stereocenters. The highest BCUT2D eigenvalue weighted by atomic mass is 16.1. The molecule has 4 rings (SSSR count). The number of carbonyl (C=O) groups is 1. The Morgan fingerprint density at radius 1 is 1.03 bits per heavy atom. The van der Waals surface area contributed by atoms with E-state index in [0.717, 1.165) is 58.3 Å². The van der Waals surface area contributed by atoms with E-state index < -0.39 is 0 Å². The summed E-state index contributed by atoms with van der Waals surface area (Å²) in [4.78, 5) is 17.4. The van der Waals surface area contributed by atoms with Crippen LogP contribution in [0.4, 0.5) is 5.69 Å². The van der Waals surface area contributed by atoms with Gasteiger partial charge in [0.25, 0.3) is 0 Å². The van der Waals surface area contributed by atoms with Crippen LogP contribution in [-0.4, -0.2) is 50.1 Å². The summed E-state index contributed by atoms with van der Waals surface area (Å²) in [5.74, 6) is 0.200. The molecule has 1 heterocycles. The first-order chi connectivity index (χ1) is 14.2. The number of likely N-dealkylation sites (N-methyl/N-ethyl adjacent to an activating group) is 1. The summed E-state index contributed by atoms with van der Waals surface area (Å²) in [5.41, 5.74) is 5.62. The molecule has 4 heteroatoms. The first-order valence-corrected chi connectivity index (χ1v) is 11.1. The van der Waals surface area contributed by atoms with Crippen LogP contribution in [0.15, 0.2) is 48.5 Å². The summed E-state index contributed by atoms with van der Waals surface area (Å²) in [6.07, 6.45) is 5.55. The van der Waals surface area contributed by atoms with E-state index in [9.17, 15) is 4.79 Å². The highest BCUT2D eigenvalue weighted by molar-refractivity contribution is 5.76. The van der Waals surface area contributed by atoms with Crippen molar-refractivity contribution in [3.8, 4) is 0 Å². The zero-order valence-corrected chi connectivity index (χ0v) is 17.6. The lowest BCUT2D eigenvalue weighted by Gasteiger charge is -2.37. The molecule has 0 spiro atoms. The molecular formula is C25H33N3O. The molecule has 0 bridgehead atoms. The van der Waals surface area contributed by atoms with Gasteiger partial charge in [0.05, 0.1) is 0 Å². The second kappa shape index (κ2) is 9.45. The number of amides is 1. The highest BCUT2D eigenvalue weighted by Gasteiger charge is 2.25. The molecule has 29 heavy (non-hydrogen) atoms. The van der Waals surface area contributed by atoms with Crippen LogP contribution in [0.2, 0.25) is 0 Å². The van der Waals surface area contributed by atoms with Gasteiger partial charge in [-0.15, -0.1) is 0 Å². The Hall–Kier alpha value is -2.33. The molecule has 2 aromatic rings. The number of hydrogen-bond acceptors (Lipinski definition) is 3.